The summed E-state index contributed by atoms with van der Waals surface area (Å²) in [6.07, 6.45) is 0.780. The first-order valence-electron chi connectivity index (χ1n) is 4.73. The van der Waals surface area contributed by atoms with Crippen LogP contribution >= 0.6 is 11.3 Å². The van der Waals surface area contributed by atoms with E-state index in [4.69, 9.17) is 5.11 Å². The zero-order chi connectivity index (χ0) is 10.8. The summed E-state index contributed by atoms with van der Waals surface area (Å²) >= 11 is 1.54. The molecule has 0 saturated carbocycles. The van der Waals surface area contributed by atoms with Crippen LogP contribution in [-0.2, 0) is 16.1 Å². The Labute approximate surface area is 91.1 Å². The van der Waals surface area contributed by atoms with E-state index in [1.807, 2.05) is 17.5 Å². The van der Waals surface area contributed by atoms with Gasteiger partial charge in [-0.2, -0.15) is 0 Å². The van der Waals surface area contributed by atoms with Gasteiger partial charge in [0.1, 0.15) is 6.04 Å². The summed E-state index contributed by atoms with van der Waals surface area (Å²) in [5.41, 5.74) is 0. The second kappa shape index (κ2) is 4.02. The molecule has 15 heavy (non-hydrogen) atoms. The maximum absolute atomic E-state index is 11.5. The van der Waals surface area contributed by atoms with Crippen LogP contribution < -0.4 is 0 Å². The molecule has 80 valence electrons. The Balaban J connectivity index is 2.11. The van der Waals surface area contributed by atoms with Gasteiger partial charge in [-0.1, -0.05) is 6.07 Å². The van der Waals surface area contributed by atoms with E-state index in [-0.39, 0.29) is 5.91 Å². The van der Waals surface area contributed by atoms with Gasteiger partial charge >= 0.3 is 5.97 Å². The number of hydrogen-bond acceptors (Lipinski definition) is 3. The van der Waals surface area contributed by atoms with E-state index in [1.165, 1.54) is 16.2 Å². The maximum atomic E-state index is 11.5. The summed E-state index contributed by atoms with van der Waals surface area (Å²) < 4.78 is 0. The van der Waals surface area contributed by atoms with Crippen LogP contribution in [-0.4, -0.2) is 27.9 Å². The molecule has 1 aliphatic heterocycles. The molecule has 1 unspecified atom stereocenters. The van der Waals surface area contributed by atoms with Gasteiger partial charge in [0.25, 0.3) is 0 Å². The van der Waals surface area contributed by atoms with Gasteiger partial charge < -0.3 is 10.0 Å². The first-order chi connectivity index (χ1) is 7.18. The molecule has 1 aromatic rings. The van der Waals surface area contributed by atoms with E-state index in [1.54, 1.807) is 0 Å². The van der Waals surface area contributed by atoms with Gasteiger partial charge in [0.2, 0.25) is 5.91 Å². The lowest BCUT2D eigenvalue weighted by Crippen LogP contribution is -2.37. The fourth-order valence-corrected chi connectivity index (χ4v) is 2.46. The molecule has 0 spiro atoms. The minimum atomic E-state index is -0.905. The van der Waals surface area contributed by atoms with E-state index in [0.29, 0.717) is 19.4 Å². The molecule has 4 nitrogen and oxygen atoms in total. The quantitative estimate of drug-likeness (QED) is 0.844. The molecule has 1 saturated heterocycles. The number of carboxylic acid groups (broad SMARTS) is 1. The van der Waals surface area contributed by atoms with Crippen molar-refractivity contribution < 1.29 is 14.7 Å². The summed E-state index contributed by atoms with van der Waals surface area (Å²) in [7, 11) is 0. The Morgan fingerprint density at radius 2 is 2.47 bits per heavy atom. The zero-order valence-corrected chi connectivity index (χ0v) is 8.87. The highest BCUT2D eigenvalue weighted by Gasteiger charge is 2.35. The predicted molar refractivity (Wildman–Crippen MR) is 55.5 cm³/mol. The molecule has 1 aliphatic rings. The van der Waals surface area contributed by atoms with Crippen molar-refractivity contribution in [3.63, 3.8) is 0 Å². The maximum Gasteiger partial charge on any atom is 0.326 e. The number of likely N-dealkylation sites (tertiary alicyclic amines) is 1. The number of nitrogens with zero attached hydrogens (tertiary/aromatic N) is 1. The molecular formula is C10H11NO3S. The lowest BCUT2D eigenvalue weighted by atomic mass is 10.2. The summed E-state index contributed by atoms with van der Waals surface area (Å²) in [5, 5.41) is 10.9. The number of rotatable bonds is 3. The van der Waals surface area contributed by atoms with Gasteiger partial charge in [0, 0.05) is 11.3 Å². The number of thiophene rings is 1. The van der Waals surface area contributed by atoms with Crippen LogP contribution in [0.15, 0.2) is 17.5 Å². The first-order valence-corrected chi connectivity index (χ1v) is 5.61. The van der Waals surface area contributed by atoms with Crippen LogP contribution in [0.25, 0.3) is 0 Å². The zero-order valence-electron chi connectivity index (χ0n) is 8.05. The van der Waals surface area contributed by atoms with Gasteiger partial charge in [0.05, 0.1) is 6.54 Å². The van der Waals surface area contributed by atoms with Crippen LogP contribution in [0.3, 0.4) is 0 Å². The minimum Gasteiger partial charge on any atom is -0.480 e. The van der Waals surface area contributed by atoms with Gasteiger partial charge in [-0.3, -0.25) is 4.79 Å². The number of amides is 1. The van der Waals surface area contributed by atoms with E-state index < -0.39 is 12.0 Å². The predicted octanol–water partition coefficient (Wildman–Crippen LogP) is 1.32. The van der Waals surface area contributed by atoms with Gasteiger partial charge in [0.15, 0.2) is 0 Å². The highest BCUT2D eigenvalue weighted by molar-refractivity contribution is 7.09. The minimum absolute atomic E-state index is 0.0594. The number of carboxylic acids is 1. The van der Waals surface area contributed by atoms with Gasteiger partial charge in [-0.25, -0.2) is 4.79 Å². The average molecular weight is 225 g/mol. The molecule has 0 aliphatic carbocycles. The fourth-order valence-electron chi connectivity index (χ4n) is 1.76. The van der Waals surface area contributed by atoms with Gasteiger partial charge in [-0.15, -0.1) is 11.3 Å². The molecule has 1 fully saturated rings. The SMILES string of the molecule is O=C(O)C1CCC(=O)N1Cc1cccs1. The Kier molecular flexibility index (Phi) is 2.73. The Hall–Kier alpha value is -1.36. The molecule has 0 radical (unpaired) electrons. The standard InChI is InChI=1S/C10H11NO3S/c12-9-4-3-8(10(13)14)11(9)6-7-2-1-5-15-7/h1-2,5,8H,3-4,6H2,(H,13,14). The average Bonchev–Trinajstić information content (AvgIpc) is 2.78. The third-order valence-electron chi connectivity index (χ3n) is 2.52. The van der Waals surface area contributed by atoms with Crippen molar-refractivity contribution in [2.75, 3.05) is 0 Å². The second-order valence-corrected chi connectivity index (χ2v) is 4.53. The lowest BCUT2D eigenvalue weighted by molar-refractivity contribution is -0.146. The second-order valence-electron chi connectivity index (χ2n) is 3.49. The Bertz CT molecular complexity index is 374. The Morgan fingerprint density at radius 1 is 1.67 bits per heavy atom. The van der Waals surface area contributed by atoms with Crippen molar-refractivity contribution >= 4 is 23.2 Å². The van der Waals surface area contributed by atoms with Crippen molar-refractivity contribution in [2.45, 2.75) is 25.4 Å². The van der Waals surface area contributed by atoms with Crippen molar-refractivity contribution in [3.8, 4) is 0 Å². The molecule has 0 aromatic carbocycles. The number of carbonyl (C=O) groups is 2. The van der Waals surface area contributed by atoms with Crippen molar-refractivity contribution in [1.29, 1.82) is 0 Å². The topological polar surface area (TPSA) is 57.6 Å². The number of aliphatic carboxylic acids is 1. The highest BCUT2D eigenvalue weighted by Crippen LogP contribution is 2.23. The molecular weight excluding hydrogens is 214 g/mol. The monoisotopic (exact) mass is 225 g/mol. The highest BCUT2D eigenvalue weighted by atomic mass is 32.1. The van der Waals surface area contributed by atoms with Crippen LogP contribution in [0.2, 0.25) is 0 Å². The summed E-state index contributed by atoms with van der Waals surface area (Å²) in [6.45, 7) is 0.424. The molecule has 5 heteroatoms. The molecule has 0 bridgehead atoms. The number of hydrogen-bond donors (Lipinski definition) is 1. The fraction of sp³-hybridized carbons (Fsp3) is 0.400. The van der Waals surface area contributed by atoms with E-state index in [2.05, 4.69) is 0 Å². The van der Waals surface area contributed by atoms with Crippen LogP contribution in [0.4, 0.5) is 0 Å². The molecule has 1 N–H and O–H groups in total. The summed E-state index contributed by atoms with van der Waals surface area (Å²) in [6, 6.07) is 3.17. The van der Waals surface area contributed by atoms with Crippen molar-refractivity contribution in [2.24, 2.45) is 0 Å². The normalized spacial score (nSPS) is 20.9. The third kappa shape index (κ3) is 2.02. The van der Waals surface area contributed by atoms with Crippen LogP contribution in [0.1, 0.15) is 17.7 Å². The smallest absolute Gasteiger partial charge is 0.326 e. The van der Waals surface area contributed by atoms with E-state index in [0.717, 1.165) is 4.88 Å². The lowest BCUT2D eigenvalue weighted by Gasteiger charge is -2.20. The molecule has 1 amide bonds. The van der Waals surface area contributed by atoms with E-state index >= 15 is 0 Å². The van der Waals surface area contributed by atoms with Crippen molar-refractivity contribution in [1.82, 2.24) is 4.90 Å². The number of carbonyl (C=O) groups excluding carboxylic acids is 1. The largest absolute Gasteiger partial charge is 0.480 e. The van der Waals surface area contributed by atoms with Crippen LogP contribution in [0, 0.1) is 0 Å². The van der Waals surface area contributed by atoms with Crippen LogP contribution in [0.5, 0.6) is 0 Å². The van der Waals surface area contributed by atoms with Crippen molar-refractivity contribution in [3.05, 3.63) is 22.4 Å². The molecule has 2 rings (SSSR count). The van der Waals surface area contributed by atoms with E-state index in [9.17, 15) is 9.59 Å². The third-order valence-corrected chi connectivity index (χ3v) is 3.38. The Morgan fingerprint density at radius 3 is 3.07 bits per heavy atom. The first kappa shape index (κ1) is 10.2. The summed E-state index contributed by atoms with van der Waals surface area (Å²) in [5.74, 6) is -0.965. The van der Waals surface area contributed by atoms with Gasteiger partial charge in [-0.05, 0) is 17.9 Å². The molecule has 1 aromatic heterocycles. The molecule has 1 atom stereocenters. The summed E-state index contributed by atoms with van der Waals surface area (Å²) in [4.78, 5) is 24.9. The molecule has 2 heterocycles.